The number of rotatable bonds is 5. The topological polar surface area (TPSA) is 75.1 Å². The highest BCUT2D eigenvalue weighted by atomic mass is 16.3. The average molecular weight is 347 g/mol. The van der Waals surface area contributed by atoms with E-state index in [1.54, 1.807) is 42.6 Å². The van der Waals surface area contributed by atoms with Gasteiger partial charge in [0.25, 0.3) is 5.91 Å². The molecule has 0 saturated heterocycles. The van der Waals surface area contributed by atoms with E-state index in [1.165, 1.54) is 0 Å². The van der Waals surface area contributed by atoms with Gasteiger partial charge in [0.15, 0.2) is 5.82 Å². The largest absolute Gasteiger partial charge is 0.508 e. The number of aromatic hydroxyl groups is 1. The van der Waals surface area contributed by atoms with Crippen molar-refractivity contribution in [3.8, 4) is 17.0 Å². The van der Waals surface area contributed by atoms with Gasteiger partial charge in [0.2, 0.25) is 0 Å². The number of nitrogens with zero attached hydrogens (tertiary/aromatic N) is 2. The van der Waals surface area contributed by atoms with E-state index in [4.69, 9.17) is 4.98 Å². The quantitative estimate of drug-likeness (QED) is 0.721. The smallest absolute Gasteiger partial charge is 0.256 e. The third-order valence-corrected chi connectivity index (χ3v) is 3.88. The lowest BCUT2D eigenvalue weighted by Gasteiger charge is -2.13. The van der Waals surface area contributed by atoms with Crippen LogP contribution in [-0.4, -0.2) is 21.0 Å². The van der Waals surface area contributed by atoms with Crippen LogP contribution < -0.4 is 5.32 Å². The fourth-order valence-electron chi connectivity index (χ4n) is 2.60. The van der Waals surface area contributed by atoms with Crippen molar-refractivity contribution in [3.63, 3.8) is 0 Å². The van der Waals surface area contributed by atoms with Crippen molar-refractivity contribution in [2.24, 2.45) is 5.92 Å². The third-order valence-electron chi connectivity index (χ3n) is 3.88. The number of phenolic OH excluding ortho intramolecular Hbond substituents is 1. The Balaban J connectivity index is 1.91. The Hall–Kier alpha value is -3.21. The normalized spacial score (nSPS) is 10.7. The first kappa shape index (κ1) is 17.6. The maximum Gasteiger partial charge on any atom is 0.256 e. The van der Waals surface area contributed by atoms with Gasteiger partial charge in [-0.15, -0.1) is 0 Å². The molecular weight excluding hydrogens is 326 g/mol. The van der Waals surface area contributed by atoms with Crippen molar-refractivity contribution < 1.29 is 9.90 Å². The zero-order chi connectivity index (χ0) is 18.5. The van der Waals surface area contributed by atoms with Gasteiger partial charge in [-0.3, -0.25) is 4.79 Å². The summed E-state index contributed by atoms with van der Waals surface area (Å²) in [6.45, 7) is 4.19. The maximum atomic E-state index is 12.4. The Morgan fingerprint density at radius 1 is 1.08 bits per heavy atom. The Labute approximate surface area is 152 Å². The van der Waals surface area contributed by atoms with Gasteiger partial charge >= 0.3 is 0 Å². The summed E-state index contributed by atoms with van der Waals surface area (Å²) in [4.78, 5) is 21.6. The summed E-state index contributed by atoms with van der Waals surface area (Å²) in [5.74, 6) is 0.847. The first-order valence-electron chi connectivity index (χ1n) is 8.54. The summed E-state index contributed by atoms with van der Waals surface area (Å²) in [6.07, 6.45) is 2.33. The fraction of sp³-hybridized carbons (Fsp3) is 0.190. The zero-order valence-corrected chi connectivity index (χ0v) is 14.8. The summed E-state index contributed by atoms with van der Waals surface area (Å²) in [5, 5.41) is 12.3. The predicted molar refractivity (Wildman–Crippen MR) is 102 cm³/mol. The molecular formula is C21H21N3O2. The molecule has 0 spiro atoms. The minimum absolute atomic E-state index is 0.204. The maximum absolute atomic E-state index is 12.4. The van der Waals surface area contributed by atoms with Crippen LogP contribution in [-0.2, 0) is 6.42 Å². The molecule has 0 unspecified atom stereocenters. The van der Waals surface area contributed by atoms with Crippen molar-refractivity contribution in [1.29, 1.82) is 0 Å². The summed E-state index contributed by atoms with van der Waals surface area (Å²) in [5.41, 5.74) is 2.89. The molecule has 0 saturated carbocycles. The highest BCUT2D eigenvalue weighted by Gasteiger charge is 2.14. The van der Waals surface area contributed by atoms with E-state index in [0.29, 0.717) is 29.4 Å². The highest BCUT2D eigenvalue weighted by molar-refractivity contribution is 6.04. The summed E-state index contributed by atoms with van der Waals surface area (Å²) < 4.78 is 0. The average Bonchev–Trinajstić information content (AvgIpc) is 2.64. The molecule has 0 bridgehead atoms. The molecule has 0 atom stereocenters. The molecule has 1 aromatic heterocycles. The molecule has 1 amide bonds. The molecule has 132 valence electrons. The number of aromatic nitrogens is 2. The minimum Gasteiger partial charge on any atom is -0.508 e. The lowest BCUT2D eigenvalue weighted by atomic mass is 10.1. The number of phenols is 1. The second kappa shape index (κ2) is 7.78. The van der Waals surface area contributed by atoms with Crippen molar-refractivity contribution in [2.45, 2.75) is 20.3 Å². The molecule has 3 aromatic rings. The van der Waals surface area contributed by atoms with Gasteiger partial charge in [-0.1, -0.05) is 32.0 Å². The highest BCUT2D eigenvalue weighted by Crippen LogP contribution is 2.23. The number of hydrogen-bond acceptors (Lipinski definition) is 4. The molecule has 0 radical (unpaired) electrons. The van der Waals surface area contributed by atoms with Gasteiger partial charge in [0.05, 0.1) is 17.6 Å². The van der Waals surface area contributed by atoms with Crippen molar-refractivity contribution in [2.75, 3.05) is 5.32 Å². The number of carbonyl (C=O) groups excluding carboxylic acids is 1. The standard InChI is InChI=1S/C21H21N3O2/c1-14(2)12-18-20(24-21(26)16-6-4-3-5-7-16)22-13-19(23-18)15-8-10-17(25)11-9-15/h3-11,13-14,25H,12H2,1-2H3,(H,22,24,26). The molecule has 0 aliphatic rings. The number of carbonyl (C=O) groups is 1. The van der Waals surface area contributed by atoms with Crippen LogP contribution in [0.25, 0.3) is 11.3 Å². The number of amides is 1. The predicted octanol–water partition coefficient (Wildman–Crippen LogP) is 4.30. The van der Waals surface area contributed by atoms with Crippen molar-refractivity contribution >= 4 is 11.7 Å². The molecule has 26 heavy (non-hydrogen) atoms. The van der Waals surface area contributed by atoms with Crippen LogP contribution in [0.2, 0.25) is 0 Å². The van der Waals surface area contributed by atoms with Crippen LogP contribution >= 0.6 is 0 Å². The summed E-state index contributed by atoms with van der Waals surface area (Å²) >= 11 is 0. The van der Waals surface area contributed by atoms with Gasteiger partial charge in [-0.2, -0.15) is 0 Å². The van der Waals surface area contributed by atoms with E-state index in [2.05, 4.69) is 24.1 Å². The minimum atomic E-state index is -0.206. The molecule has 1 heterocycles. The van der Waals surface area contributed by atoms with E-state index in [9.17, 15) is 9.90 Å². The van der Waals surface area contributed by atoms with Gasteiger partial charge in [-0.05, 0) is 48.7 Å². The Bertz CT molecular complexity index is 891. The van der Waals surface area contributed by atoms with Crippen LogP contribution in [0.1, 0.15) is 29.9 Å². The monoisotopic (exact) mass is 347 g/mol. The zero-order valence-electron chi connectivity index (χ0n) is 14.8. The van der Waals surface area contributed by atoms with Gasteiger partial charge < -0.3 is 10.4 Å². The number of anilines is 1. The second-order valence-electron chi connectivity index (χ2n) is 6.52. The third kappa shape index (κ3) is 4.25. The Morgan fingerprint density at radius 2 is 1.77 bits per heavy atom. The van der Waals surface area contributed by atoms with E-state index in [0.717, 1.165) is 11.3 Å². The first-order valence-corrected chi connectivity index (χ1v) is 8.54. The Kier molecular flexibility index (Phi) is 5.27. The van der Waals surface area contributed by atoms with Crippen LogP contribution in [0, 0.1) is 5.92 Å². The molecule has 3 rings (SSSR count). The van der Waals surface area contributed by atoms with Gasteiger partial charge in [0, 0.05) is 11.1 Å². The van der Waals surface area contributed by atoms with Crippen molar-refractivity contribution in [3.05, 3.63) is 72.1 Å². The molecule has 5 heteroatoms. The number of hydrogen-bond donors (Lipinski definition) is 2. The molecule has 0 fully saturated rings. The van der Waals surface area contributed by atoms with Crippen LogP contribution in [0.4, 0.5) is 5.82 Å². The molecule has 2 aromatic carbocycles. The van der Waals surface area contributed by atoms with E-state index >= 15 is 0 Å². The fourth-order valence-corrected chi connectivity index (χ4v) is 2.60. The molecule has 0 aliphatic carbocycles. The van der Waals surface area contributed by atoms with Crippen LogP contribution in [0.15, 0.2) is 60.8 Å². The van der Waals surface area contributed by atoms with E-state index in [1.807, 2.05) is 18.2 Å². The SMILES string of the molecule is CC(C)Cc1nc(-c2ccc(O)cc2)cnc1NC(=O)c1ccccc1. The molecule has 0 aliphatic heterocycles. The van der Waals surface area contributed by atoms with Crippen LogP contribution in [0.5, 0.6) is 5.75 Å². The lowest BCUT2D eigenvalue weighted by molar-refractivity contribution is 0.102. The molecule has 5 nitrogen and oxygen atoms in total. The first-order chi connectivity index (χ1) is 12.5. The van der Waals surface area contributed by atoms with Crippen LogP contribution in [0.3, 0.4) is 0 Å². The Morgan fingerprint density at radius 3 is 2.42 bits per heavy atom. The van der Waals surface area contributed by atoms with Crippen molar-refractivity contribution in [1.82, 2.24) is 9.97 Å². The van der Waals surface area contributed by atoms with E-state index < -0.39 is 0 Å². The number of nitrogens with one attached hydrogen (secondary N) is 1. The molecule has 2 N–H and O–H groups in total. The number of benzene rings is 2. The lowest BCUT2D eigenvalue weighted by Crippen LogP contribution is -2.16. The van der Waals surface area contributed by atoms with Gasteiger partial charge in [0.1, 0.15) is 5.75 Å². The van der Waals surface area contributed by atoms with E-state index in [-0.39, 0.29) is 11.7 Å². The van der Waals surface area contributed by atoms with Gasteiger partial charge in [-0.25, -0.2) is 9.97 Å². The second-order valence-corrected chi connectivity index (χ2v) is 6.52. The summed E-state index contributed by atoms with van der Waals surface area (Å²) in [6, 6.07) is 15.8. The summed E-state index contributed by atoms with van der Waals surface area (Å²) in [7, 11) is 0.